The van der Waals surface area contributed by atoms with Crippen LogP contribution in [0.25, 0.3) is 5.65 Å². The number of nitrogens with zero attached hydrogens (tertiary/aromatic N) is 5. The second kappa shape index (κ2) is 7.04. The number of aryl methyl sites for hydroxylation is 3. The average Bonchev–Trinajstić information content (AvgIpc) is 3.13. The quantitative estimate of drug-likeness (QED) is 0.742. The lowest BCUT2D eigenvalue weighted by Crippen LogP contribution is -2.26. The molecule has 3 rings (SSSR count). The molecule has 0 saturated carbocycles. The molecule has 0 spiro atoms. The van der Waals surface area contributed by atoms with Gasteiger partial charge in [0.15, 0.2) is 11.5 Å². The molecule has 0 aliphatic rings. The predicted molar refractivity (Wildman–Crippen MR) is 95.2 cm³/mol. The van der Waals surface area contributed by atoms with Crippen molar-refractivity contribution in [3.8, 4) is 0 Å². The highest BCUT2D eigenvalue weighted by Crippen LogP contribution is 2.16. The van der Waals surface area contributed by atoms with Gasteiger partial charge < -0.3 is 5.32 Å². The molecule has 0 atom stereocenters. The standard InChI is InChI=1S/C18H24N6O/c1-5-14-13(15(6-2)23(4)22-14)9-18(25)19-10-17-21-20-16-8-7-12(3)11-24(16)17/h7-8,11H,5-6,9-10H2,1-4H3,(H,19,25). The van der Waals surface area contributed by atoms with E-state index < -0.39 is 0 Å². The SMILES string of the molecule is CCc1nn(C)c(CC)c1CC(=O)NCc1nnc2ccc(C)cn12. The summed E-state index contributed by atoms with van der Waals surface area (Å²) in [6.07, 6.45) is 4.00. The van der Waals surface area contributed by atoms with Crippen molar-refractivity contribution in [2.45, 2.75) is 46.6 Å². The Balaban J connectivity index is 1.72. The van der Waals surface area contributed by atoms with Crippen LogP contribution in [0.15, 0.2) is 18.3 Å². The Morgan fingerprint density at radius 2 is 2.00 bits per heavy atom. The first-order chi connectivity index (χ1) is 12.0. The van der Waals surface area contributed by atoms with Crippen molar-refractivity contribution in [1.29, 1.82) is 0 Å². The lowest BCUT2D eigenvalue weighted by atomic mass is 10.1. The van der Waals surface area contributed by atoms with Gasteiger partial charge in [-0.1, -0.05) is 19.9 Å². The number of carbonyl (C=O) groups excluding carboxylic acids is 1. The Bertz CT molecular complexity index is 908. The summed E-state index contributed by atoms with van der Waals surface area (Å²) in [6, 6.07) is 3.91. The molecule has 0 aliphatic carbocycles. The lowest BCUT2D eigenvalue weighted by molar-refractivity contribution is -0.120. The molecule has 0 bridgehead atoms. The van der Waals surface area contributed by atoms with Gasteiger partial charge in [0.05, 0.1) is 18.7 Å². The molecule has 0 saturated heterocycles. The molecule has 0 radical (unpaired) electrons. The molecular formula is C18H24N6O. The third-order valence-electron chi connectivity index (χ3n) is 4.43. The van der Waals surface area contributed by atoms with Gasteiger partial charge in [0, 0.05) is 24.5 Å². The van der Waals surface area contributed by atoms with Crippen molar-refractivity contribution in [3.63, 3.8) is 0 Å². The van der Waals surface area contributed by atoms with Gasteiger partial charge >= 0.3 is 0 Å². The Hall–Kier alpha value is -2.70. The monoisotopic (exact) mass is 340 g/mol. The topological polar surface area (TPSA) is 77.1 Å². The van der Waals surface area contributed by atoms with E-state index >= 15 is 0 Å². The molecule has 132 valence electrons. The predicted octanol–water partition coefficient (Wildman–Crippen LogP) is 1.75. The Labute approximate surface area is 147 Å². The molecule has 0 unspecified atom stereocenters. The number of fused-ring (bicyclic) bond motifs is 1. The smallest absolute Gasteiger partial charge is 0.224 e. The molecule has 3 aromatic heterocycles. The first kappa shape index (κ1) is 17.1. The number of carbonyl (C=O) groups is 1. The minimum atomic E-state index is -0.0261. The van der Waals surface area contributed by atoms with E-state index in [1.807, 2.05) is 41.4 Å². The molecule has 0 aromatic carbocycles. The van der Waals surface area contributed by atoms with Gasteiger partial charge in [-0.3, -0.25) is 13.9 Å². The number of nitrogens with one attached hydrogen (secondary N) is 1. The van der Waals surface area contributed by atoms with Gasteiger partial charge in [-0.25, -0.2) is 0 Å². The zero-order valence-corrected chi connectivity index (χ0v) is 15.2. The highest BCUT2D eigenvalue weighted by molar-refractivity contribution is 5.79. The summed E-state index contributed by atoms with van der Waals surface area (Å²) in [7, 11) is 1.93. The molecule has 1 amide bonds. The molecule has 3 aromatic rings. The summed E-state index contributed by atoms with van der Waals surface area (Å²) in [5.41, 5.74) is 5.07. The summed E-state index contributed by atoms with van der Waals surface area (Å²) >= 11 is 0. The molecule has 7 nitrogen and oxygen atoms in total. The largest absolute Gasteiger partial charge is 0.348 e. The van der Waals surface area contributed by atoms with E-state index in [1.165, 1.54) is 0 Å². The summed E-state index contributed by atoms with van der Waals surface area (Å²) in [6.45, 7) is 6.52. The van der Waals surface area contributed by atoms with Crippen LogP contribution in [0.3, 0.4) is 0 Å². The molecular weight excluding hydrogens is 316 g/mol. The van der Waals surface area contributed by atoms with Gasteiger partial charge in [0.25, 0.3) is 0 Å². The van der Waals surface area contributed by atoms with E-state index in [2.05, 4.69) is 34.5 Å². The van der Waals surface area contributed by atoms with Crippen molar-refractivity contribution in [3.05, 3.63) is 46.7 Å². The normalized spacial score (nSPS) is 11.2. The summed E-state index contributed by atoms with van der Waals surface area (Å²) in [5, 5.41) is 15.8. The van der Waals surface area contributed by atoms with Crippen molar-refractivity contribution < 1.29 is 4.79 Å². The van der Waals surface area contributed by atoms with Crippen molar-refractivity contribution in [2.24, 2.45) is 7.05 Å². The van der Waals surface area contributed by atoms with Crippen molar-refractivity contribution >= 4 is 11.6 Å². The fourth-order valence-electron chi connectivity index (χ4n) is 3.16. The summed E-state index contributed by atoms with van der Waals surface area (Å²) in [4.78, 5) is 12.5. The Morgan fingerprint density at radius 1 is 1.20 bits per heavy atom. The van der Waals surface area contributed by atoms with Crippen LogP contribution in [-0.4, -0.2) is 30.3 Å². The van der Waals surface area contributed by atoms with Crippen molar-refractivity contribution in [2.75, 3.05) is 0 Å². The number of rotatable bonds is 6. The van der Waals surface area contributed by atoms with E-state index in [4.69, 9.17) is 0 Å². The fourth-order valence-corrected chi connectivity index (χ4v) is 3.16. The first-order valence-corrected chi connectivity index (χ1v) is 8.64. The lowest BCUT2D eigenvalue weighted by Gasteiger charge is -2.07. The third-order valence-corrected chi connectivity index (χ3v) is 4.43. The number of amides is 1. The summed E-state index contributed by atoms with van der Waals surface area (Å²) in [5.74, 6) is 0.700. The number of aromatic nitrogens is 5. The number of hydrogen-bond acceptors (Lipinski definition) is 4. The van der Waals surface area contributed by atoms with Crippen LogP contribution in [0.1, 0.15) is 42.2 Å². The van der Waals surface area contributed by atoms with Crippen LogP contribution >= 0.6 is 0 Å². The highest BCUT2D eigenvalue weighted by Gasteiger charge is 2.17. The van der Waals surface area contributed by atoms with Crippen LogP contribution in [-0.2, 0) is 37.6 Å². The van der Waals surface area contributed by atoms with E-state index in [0.29, 0.717) is 13.0 Å². The first-order valence-electron chi connectivity index (χ1n) is 8.64. The van der Waals surface area contributed by atoms with Crippen LogP contribution in [0.2, 0.25) is 0 Å². The summed E-state index contributed by atoms with van der Waals surface area (Å²) < 4.78 is 3.80. The highest BCUT2D eigenvalue weighted by atomic mass is 16.1. The molecule has 0 fully saturated rings. The van der Waals surface area contributed by atoms with Gasteiger partial charge in [0.2, 0.25) is 5.91 Å². The van der Waals surface area contributed by atoms with Crippen molar-refractivity contribution in [1.82, 2.24) is 29.7 Å². The van der Waals surface area contributed by atoms with E-state index in [0.717, 1.165) is 46.8 Å². The Kier molecular flexibility index (Phi) is 4.83. The molecule has 25 heavy (non-hydrogen) atoms. The molecule has 0 aliphatic heterocycles. The van der Waals surface area contributed by atoms with E-state index in [-0.39, 0.29) is 5.91 Å². The second-order valence-corrected chi connectivity index (χ2v) is 6.21. The minimum Gasteiger partial charge on any atom is -0.348 e. The van der Waals surface area contributed by atoms with Gasteiger partial charge in [-0.05, 0) is 31.4 Å². The molecule has 1 N–H and O–H groups in total. The Morgan fingerprint density at radius 3 is 2.72 bits per heavy atom. The van der Waals surface area contributed by atoms with Gasteiger partial charge in [-0.15, -0.1) is 10.2 Å². The third kappa shape index (κ3) is 3.40. The van der Waals surface area contributed by atoms with Gasteiger partial charge in [-0.2, -0.15) is 5.10 Å². The van der Waals surface area contributed by atoms with Crippen LogP contribution in [0.5, 0.6) is 0 Å². The maximum Gasteiger partial charge on any atom is 0.224 e. The van der Waals surface area contributed by atoms with E-state index in [9.17, 15) is 4.79 Å². The van der Waals surface area contributed by atoms with Crippen LogP contribution < -0.4 is 5.32 Å². The zero-order valence-electron chi connectivity index (χ0n) is 15.2. The van der Waals surface area contributed by atoms with Crippen LogP contribution in [0, 0.1) is 6.92 Å². The molecule has 3 heterocycles. The maximum atomic E-state index is 12.5. The second-order valence-electron chi connectivity index (χ2n) is 6.21. The fraction of sp³-hybridized carbons (Fsp3) is 0.444. The van der Waals surface area contributed by atoms with Gasteiger partial charge in [0.1, 0.15) is 0 Å². The van der Waals surface area contributed by atoms with Crippen LogP contribution in [0.4, 0.5) is 0 Å². The number of pyridine rings is 1. The zero-order chi connectivity index (χ0) is 18.0. The average molecular weight is 340 g/mol. The van der Waals surface area contributed by atoms with E-state index in [1.54, 1.807) is 0 Å². The number of hydrogen-bond donors (Lipinski definition) is 1. The molecule has 7 heteroatoms. The maximum absolute atomic E-state index is 12.5. The minimum absolute atomic E-state index is 0.0261.